The van der Waals surface area contributed by atoms with Gasteiger partial charge in [0.05, 0.1) is 18.9 Å². The van der Waals surface area contributed by atoms with Gasteiger partial charge in [-0.15, -0.1) is 0 Å². The van der Waals surface area contributed by atoms with E-state index in [1.165, 1.54) is 0 Å². The molecule has 5 nitrogen and oxygen atoms in total. The van der Waals surface area contributed by atoms with Crippen molar-refractivity contribution in [1.82, 2.24) is 0 Å². The number of allylic oxidation sites excluding steroid dienone is 2. The molecule has 2 atom stereocenters. The van der Waals surface area contributed by atoms with Crippen LogP contribution < -0.4 is 10.1 Å². The zero-order valence-corrected chi connectivity index (χ0v) is 12.1. The van der Waals surface area contributed by atoms with E-state index >= 15 is 0 Å². The molecule has 0 aromatic heterocycles. The number of amides is 1. The van der Waals surface area contributed by atoms with Crippen LogP contribution >= 0.6 is 0 Å². The largest absolute Gasteiger partial charge is 0.497 e. The molecule has 0 radical (unpaired) electrons. The summed E-state index contributed by atoms with van der Waals surface area (Å²) in [6, 6.07) is 5.35. The van der Waals surface area contributed by atoms with Gasteiger partial charge in [-0.05, 0) is 43.5 Å². The molecule has 1 amide bonds. The molecule has 5 heteroatoms. The van der Waals surface area contributed by atoms with Gasteiger partial charge >= 0.3 is 5.97 Å². The Morgan fingerprint density at radius 3 is 2.48 bits per heavy atom. The van der Waals surface area contributed by atoms with Crippen molar-refractivity contribution < 1.29 is 19.4 Å². The van der Waals surface area contributed by atoms with Gasteiger partial charge in [0, 0.05) is 5.69 Å². The summed E-state index contributed by atoms with van der Waals surface area (Å²) in [6.07, 6.45) is 4.54. The van der Waals surface area contributed by atoms with Gasteiger partial charge in [-0.2, -0.15) is 0 Å². The van der Waals surface area contributed by atoms with Gasteiger partial charge in [0.1, 0.15) is 5.75 Å². The van der Waals surface area contributed by atoms with Crippen LogP contribution in [0.1, 0.15) is 18.4 Å². The van der Waals surface area contributed by atoms with E-state index in [0.29, 0.717) is 18.5 Å². The molecular weight excluding hydrogens is 270 g/mol. The number of hydrogen-bond donors (Lipinski definition) is 2. The van der Waals surface area contributed by atoms with E-state index in [1.807, 2.05) is 25.1 Å². The Labute approximate surface area is 123 Å². The summed E-state index contributed by atoms with van der Waals surface area (Å²) >= 11 is 0. The number of carboxylic acids is 1. The van der Waals surface area contributed by atoms with Crippen LogP contribution in [0.5, 0.6) is 5.75 Å². The van der Waals surface area contributed by atoms with Gasteiger partial charge in [-0.1, -0.05) is 12.2 Å². The minimum atomic E-state index is -0.925. The first kappa shape index (κ1) is 15.1. The van der Waals surface area contributed by atoms with E-state index in [2.05, 4.69) is 5.32 Å². The van der Waals surface area contributed by atoms with E-state index in [-0.39, 0.29) is 5.91 Å². The van der Waals surface area contributed by atoms with E-state index in [4.69, 9.17) is 4.74 Å². The van der Waals surface area contributed by atoms with Gasteiger partial charge < -0.3 is 15.2 Å². The number of methoxy groups -OCH3 is 1. The van der Waals surface area contributed by atoms with Gasteiger partial charge in [0.2, 0.25) is 5.91 Å². The van der Waals surface area contributed by atoms with Crippen molar-refractivity contribution in [2.75, 3.05) is 12.4 Å². The van der Waals surface area contributed by atoms with E-state index in [1.54, 1.807) is 19.2 Å². The number of carboxylic acid groups (broad SMARTS) is 1. The van der Waals surface area contributed by atoms with Gasteiger partial charge in [-0.3, -0.25) is 9.59 Å². The van der Waals surface area contributed by atoms with Crippen molar-refractivity contribution in [3.63, 3.8) is 0 Å². The molecule has 1 aliphatic rings. The fourth-order valence-corrected chi connectivity index (χ4v) is 2.51. The highest BCUT2D eigenvalue weighted by Crippen LogP contribution is 2.28. The molecule has 1 aromatic carbocycles. The zero-order valence-electron chi connectivity index (χ0n) is 12.1. The number of rotatable bonds is 4. The third kappa shape index (κ3) is 3.42. The summed E-state index contributed by atoms with van der Waals surface area (Å²) < 4.78 is 5.12. The third-order valence-corrected chi connectivity index (χ3v) is 3.78. The minimum Gasteiger partial charge on any atom is -0.497 e. The number of hydrogen-bond acceptors (Lipinski definition) is 3. The second kappa shape index (κ2) is 6.43. The highest BCUT2D eigenvalue weighted by molar-refractivity contribution is 5.96. The van der Waals surface area contributed by atoms with Crippen molar-refractivity contribution in [2.45, 2.75) is 19.8 Å². The third-order valence-electron chi connectivity index (χ3n) is 3.78. The Morgan fingerprint density at radius 2 is 1.90 bits per heavy atom. The molecule has 21 heavy (non-hydrogen) atoms. The smallest absolute Gasteiger partial charge is 0.307 e. The standard InChI is InChI=1S/C16H19NO4/c1-10-9-11(21-2)7-8-14(10)17-15(18)12-5-3-4-6-13(12)16(19)20/h3-4,7-9,12-13H,5-6H2,1-2H3,(H,17,18)(H,19,20). The predicted octanol–water partition coefficient (Wildman–Crippen LogP) is 2.61. The molecule has 2 rings (SSSR count). The van der Waals surface area contributed by atoms with Crippen LogP contribution in [-0.4, -0.2) is 24.1 Å². The quantitative estimate of drug-likeness (QED) is 0.835. The first-order valence-electron chi connectivity index (χ1n) is 6.86. The van der Waals surface area contributed by atoms with Crippen LogP contribution in [0, 0.1) is 18.8 Å². The summed E-state index contributed by atoms with van der Waals surface area (Å²) in [7, 11) is 1.58. The molecule has 1 aromatic rings. The highest BCUT2D eigenvalue weighted by Gasteiger charge is 2.34. The van der Waals surface area contributed by atoms with Crippen LogP contribution in [0.2, 0.25) is 0 Å². The predicted molar refractivity (Wildman–Crippen MR) is 79.4 cm³/mol. The monoisotopic (exact) mass is 289 g/mol. The van der Waals surface area contributed by atoms with Crippen molar-refractivity contribution in [3.8, 4) is 5.75 Å². The number of ether oxygens (including phenoxy) is 1. The molecular formula is C16H19NO4. The summed E-state index contributed by atoms with van der Waals surface area (Å²) in [5.74, 6) is -1.65. The first-order chi connectivity index (χ1) is 10.0. The average molecular weight is 289 g/mol. The van der Waals surface area contributed by atoms with Gasteiger partial charge in [-0.25, -0.2) is 0 Å². The topological polar surface area (TPSA) is 75.6 Å². The van der Waals surface area contributed by atoms with E-state index in [9.17, 15) is 14.7 Å². The molecule has 112 valence electrons. The van der Waals surface area contributed by atoms with E-state index in [0.717, 1.165) is 11.3 Å². The number of aliphatic carboxylic acids is 1. The first-order valence-corrected chi connectivity index (χ1v) is 6.86. The Bertz CT molecular complexity index is 580. The van der Waals surface area contributed by atoms with Gasteiger partial charge in [0.15, 0.2) is 0 Å². The summed E-state index contributed by atoms with van der Waals surface area (Å²) in [4.78, 5) is 23.6. The maximum absolute atomic E-state index is 12.3. The highest BCUT2D eigenvalue weighted by atomic mass is 16.5. The Balaban J connectivity index is 2.13. The Morgan fingerprint density at radius 1 is 1.24 bits per heavy atom. The summed E-state index contributed by atoms with van der Waals surface area (Å²) in [5.41, 5.74) is 1.56. The van der Waals surface area contributed by atoms with Crippen LogP contribution in [0.3, 0.4) is 0 Å². The van der Waals surface area contributed by atoms with Crippen molar-refractivity contribution in [1.29, 1.82) is 0 Å². The number of anilines is 1. The molecule has 0 fully saturated rings. The van der Waals surface area contributed by atoms with Crippen molar-refractivity contribution in [3.05, 3.63) is 35.9 Å². The molecule has 2 N–H and O–H groups in total. The van der Waals surface area contributed by atoms with Crippen LogP contribution in [0.25, 0.3) is 0 Å². The summed E-state index contributed by atoms with van der Waals surface area (Å²) in [5, 5.41) is 12.0. The lowest BCUT2D eigenvalue weighted by atomic mass is 9.82. The molecule has 0 heterocycles. The Kier molecular flexibility index (Phi) is 4.62. The second-order valence-electron chi connectivity index (χ2n) is 5.16. The van der Waals surface area contributed by atoms with Gasteiger partial charge in [0.25, 0.3) is 0 Å². The normalized spacial score (nSPS) is 20.9. The lowest BCUT2D eigenvalue weighted by molar-refractivity contribution is -0.146. The lowest BCUT2D eigenvalue weighted by Crippen LogP contribution is -2.34. The molecule has 0 saturated carbocycles. The second-order valence-corrected chi connectivity index (χ2v) is 5.16. The number of aryl methyl sites for hydroxylation is 1. The van der Waals surface area contributed by atoms with Crippen molar-refractivity contribution in [2.24, 2.45) is 11.8 Å². The molecule has 0 saturated heterocycles. The molecule has 2 unspecified atom stereocenters. The lowest BCUT2D eigenvalue weighted by Gasteiger charge is -2.24. The summed E-state index contributed by atoms with van der Waals surface area (Å²) in [6.45, 7) is 1.87. The van der Waals surface area contributed by atoms with E-state index < -0.39 is 17.8 Å². The maximum Gasteiger partial charge on any atom is 0.307 e. The minimum absolute atomic E-state index is 0.250. The van der Waals surface area contributed by atoms with Crippen LogP contribution in [-0.2, 0) is 9.59 Å². The molecule has 0 aliphatic heterocycles. The molecule has 0 spiro atoms. The SMILES string of the molecule is COc1ccc(NC(=O)C2CC=CCC2C(=O)O)c(C)c1. The fourth-order valence-electron chi connectivity index (χ4n) is 2.51. The number of benzene rings is 1. The van der Waals surface area contributed by atoms with Crippen LogP contribution in [0.4, 0.5) is 5.69 Å². The Hall–Kier alpha value is -2.30. The maximum atomic E-state index is 12.3. The number of carbonyl (C=O) groups excluding carboxylic acids is 1. The number of nitrogens with one attached hydrogen (secondary N) is 1. The average Bonchev–Trinajstić information content (AvgIpc) is 2.49. The molecule has 0 bridgehead atoms. The fraction of sp³-hybridized carbons (Fsp3) is 0.375. The van der Waals surface area contributed by atoms with Crippen LogP contribution in [0.15, 0.2) is 30.4 Å². The number of carbonyl (C=O) groups is 2. The zero-order chi connectivity index (χ0) is 15.4. The van der Waals surface area contributed by atoms with Crippen molar-refractivity contribution >= 4 is 17.6 Å². The molecule has 1 aliphatic carbocycles.